The summed E-state index contributed by atoms with van der Waals surface area (Å²) < 4.78 is 8.95. The molecule has 0 amide bonds. The van der Waals surface area contributed by atoms with E-state index in [1.807, 2.05) is 34.7 Å². The lowest BCUT2D eigenvalue weighted by Gasteiger charge is -2.17. The van der Waals surface area contributed by atoms with Crippen LogP contribution in [0.3, 0.4) is 0 Å². The van der Waals surface area contributed by atoms with Crippen LogP contribution < -0.4 is 4.90 Å². The van der Waals surface area contributed by atoms with Crippen molar-refractivity contribution >= 4 is 11.3 Å². The van der Waals surface area contributed by atoms with Gasteiger partial charge in [0.2, 0.25) is 0 Å². The number of hydrogen-bond acceptors (Lipinski definition) is 5. The standard InChI is InChI=1S/C17H22N6O/c1-13-16(14-11-19-22(12-14)9-10-24-2)23-17(20-13)15(5-6-18-23)21-7-3-4-8-21/h5-6,11-12H,3-4,7-10H2,1-2H3. The van der Waals surface area contributed by atoms with Crippen LogP contribution >= 0.6 is 0 Å². The number of aromatic nitrogens is 5. The molecule has 7 nitrogen and oxygen atoms in total. The topological polar surface area (TPSA) is 60.5 Å². The van der Waals surface area contributed by atoms with Gasteiger partial charge in [0, 0.05) is 32.0 Å². The van der Waals surface area contributed by atoms with Crippen molar-refractivity contribution in [3.8, 4) is 11.3 Å². The Labute approximate surface area is 140 Å². The van der Waals surface area contributed by atoms with Gasteiger partial charge in [-0.2, -0.15) is 10.2 Å². The van der Waals surface area contributed by atoms with E-state index in [2.05, 4.69) is 21.2 Å². The molecule has 0 aliphatic carbocycles. The molecule has 24 heavy (non-hydrogen) atoms. The van der Waals surface area contributed by atoms with Crippen LogP contribution in [-0.2, 0) is 11.3 Å². The van der Waals surface area contributed by atoms with Gasteiger partial charge in [0.1, 0.15) is 0 Å². The molecule has 3 aromatic rings. The van der Waals surface area contributed by atoms with Gasteiger partial charge < -0.3 is 9.64 Å². The Morgan fingerprint density at radius 1 is 1.21 bits per heavy atom. The number of fused-ring (bicyclic) bond motifs is 1. The Bertz CT molecular complexity index is 846. The second-order valence-electron chi connectivity index (χ2n) is 6.18. The van der Waals surface area contributed by atoms with Crippen LogP contribution in [0.15, 0.2) is 24.7 Å². The predicted octanol–water partition coefficient (Wildman–Crippen LogP) is 2.15. The Hall–Kier alpha value is -2.41. The zero-order valence-electron chi connectivity index (χ0n) is 14.1. The van der Waals surface area contributed by atoms with Crippen molar-refractivity contribution in [3.63, 3.8) is 0 Å². The molecule has 126 valence electrons. The molecule has 1 aliphatic rings. The third-order valence-electron chi connectivity index (χ3n) is 4.55. The molecule has 7 heteroatoms. The molecule has 1 saturated heterocycles. The fourth-order valence-corrected chi connectivity index (χ4v) is 3.37. The molecule has 0 bridgehead atoms. The number of anilines is 1. The van der Waals surface area contributed by atoms with E-state index in [1.165, 1.54) is 18.5 Å². The molecule has 4 rings (SSSR count). The van der Waals surface area contributed by atoms with E-state index < -0.39 is 0 Å². The lowest BCUT2D eigenvalue weighted by atomic mass is 10.2. The van der Waals surface area contributed by atoms with E-state index in [9.17, 15) is 0 Å². The van der Waals surface area contributed by atoms with Crippen molar-refractivity contribution < 1.29 is 4.74 Å². The van der Waals surface area contributed by atoms with Crippen molar-refractivity contribution in [1.29, 1.82) is 0 Å². The molecule has 0 unspecified atom stereocenters. The van der Waals surface area contributed by atoms with Gasteiger partial charge in [-0.25, -0.2) is 9.50 Å². The second kappa shape index (κ2) is 6.24. The molecule has 4 heterocycles. The normalized spacial score (nSPS) is 14.8. The summed E-state index contributed by atoms with van der Waals surface area (Å²) >= 11 is 0. The van der Waals surface area contributed by atoms with Gasteiger partial charge >= 0.3 is 0 Å². The fourth-order valence-electron chi connectivity index (χ4n) is 3.37. The van der Waals surface area contributed by atoms with Crippen LogP contribution in [0.25, 0.3) is 16.9 Å². The van der Waals surface area contributed by atoms with E-state index in [1.54, 1.807) is 7.11 Å². The maximum Gasteiger partial charge on any atom is 0.178 e. The summed E-state index contributed by atoms with van der Waals surface area (Å²) in [4.78, 5) is 7.20. The highest BCUT2D eigenvalue weighted by molar-refractivity contribution is 5.75. The first-order chi connectivity index (χ1) is 11.8. The maximum absolute atomic E-state index is 5.12. The van der Waals surface area contributed by atoms with E-state index in [4.69, 9.17) is 9.72 Å². The third kappa shape index (κ3) is 2.54. The van der Waals surface area contributed by atoms with Crippen molar-refractivity contribution in [2.75, 3.05) is 31.7 Å². The molecule has 0 N–H and O–H groups in total. The van der Waals surface area contributed by atoms with E-state index in [0.29, 0.717) is 6.61 Å². The summed E-state index contributed by atoms with van der Waals surface area (Å²) in [5.74, 6) is 0. The Morgan fingerprint density at radius 3 is 2.83 bits per heavy atom. The first-order valence-corrected chi connectivity index (χ1v) is 8.39. The zero-order chi connectivity index (χ0) is 16.5. The molecular formula is C17H22N6O. The van der Waals surface area contributed by atoms with Gasteiger partial charge in [-0.3, -0.25) is 4.68 Å². The summed E-state index contributed by atoms with van der Waals surface area (Å²) in [5.41, 5.74) is 5.11. The van der Waals surface area contributed by atoms with Gasteiger partial charge in [-0.1, -0.05) is 0 Å². The maximum atomic E-state index is 5.12. The van der Waals surface area contributed by atoms with Crippen LogP contribution in [0.2, 0.25) is 0 Å². The van der Waals surface area contributed by atoms with Crippen LogP contribution in [0.5, 0.6) is 0 Å². The summed E-state index contributed by atoms with van der Waals surface area (Å²) in [6.45, 7) is 5.60. The van der Waals surface area contributed by atoms with Gasteiger partial charge in [0.05, 0.1) is 42.6 Å². The van der Waals surface area contributed by atoms with E-state index >= 15 is 0 Å². The Kier molecular flexibility index (Phi) is 3.93. The molecule has 0 saturated carbocycles. The first-order valence-electron chi connectivity index (χ1n) is 8.39. The molecular weight excluding hydrogens is 304 g/mol. The Morgan fingerprint density at radius 2 is 2.04 bits per heavy atom. The number of nitrogens with zero attached hydrogens (tertiary/aromatic N) is 6. The quantitative estimate of drug-likeness (QED) is 0.719. The van der Waals surface area contributed by atoms with Crippen molar-refractivity contribution in [2.24, 2.45) is 0 Å². The van der Waals surface area contributed by atoms with Crippen LogP contribution in [0.4, 0.5) is 5.69 Å². The molecule has 0 aromatic carbocycles. The van der Waals surface area contributed by atoms with Crippen molar-refractivity contribution in [1.82, 2.24) is 24.4 Å². The molecule has 0 spiro atoms. The van der Waals surface area contributed by atoms with Crippen molar-refractivity contribution in [3.05, 3.63) is 30.4 Å². The summed E-state index contributed by atoms with van der Waals surface area (Å²) in [6, 6.07) is 2.07. The molecule has 1 aliphatic heterocycles. The number of imidazole rings is 1. The van der Waals surface area contributed by atoms with Crippen LogP contribution in [-0.4, -0.2) is 51.2 Å². The lowest BCUT2D eigenvalue weighted by Crippen LogP contribution is -2.18. The van der Waals surface area contributed by atoms with Gasteiger partial charge in [-0.15, -0.1) is 0 Å². The second-order valence-corrected chi connectivity index (χ2v) is 6.18. The van der Waals surface area contributed by atoms with E-state index in [-0.39, 0.29) is 0 Å². The summed E-state index contributed by atoms with van der Waals surface area (Å²) in [6.07, 6.45) is 8.25. The molecule has 1 fully saturated rings. The van der Waals surface area contributed by atoms with Gasteiger partial charge in [0.25, 0.3) is 0 Å². The molecule has 0 atom stereocenters. The summed E-state index contributed by atoms with van der Waals surface area (Å²) in [7, 11) is 1.70. The first kappa shape index (κ1) is 15.1. The Balaban J connectivity index is 1.77. The highest BCUT2D eigenvalue weighted by Crippen LogP contribution is 2.29. The van der Waals surface area contributed by atoms with Crippen LogP contribution in [0, 0.1) is 6.92 Å². The smallest absolute Gasteiger partial charge is 0.178 e. The minimum Gasteiger partial charge on any atom is -0.383 e. The highest BCUT2D eigenvalue weighted by Gasteiger charge is 2.20. The fraction of sp³-hybridized carbons (Fsp3) is 0.471. The lowest BCUT2D eigenvalue weighted by molar-refractivity contribution is 0.183. The van der Waals surface area contributed by atoms with Gasteiger partial charge in [0.15, 0.2) is 5.65 Å². The highest BCUT2D eigenvalue weighted by atomic mass is 16.5. The molecule has 0 radical (unpaired) electrons. The number of methoxy groups -OCH3 is 1. The van der Waals surface area contributed by atoms with Crippen LogP contribution in [0.1, 0.15) is 18.5 Å². The number of rotatable bonds is 5. The van der Waals surface area contributed by atoms with E-state index in [0.717, 1.165) is 42.2 Å². The predicted molar refractivity (Wildman–Crippen MR) is 92.3 cm³/mol. The number of aryl methyl sites for hydroxylation is 1. The third-order valence-corrected chi connectivity index (χ3v) is 4.55. The summed E-state index contributed by atoms with van der Waals surface area (Å²) in [5, 5.41) is 8.96. The number of hydrogen-bond donors (Lipinski definition) is 0. The zero-order valence-corrected chi connectivity index (χ0v) is 14.1. The monoisotopic (exact) mass is 326 g/mol. The molecule has 3 aromatic heterocycles. The average molecular weight is 326 g/mol. The van der Waals surface area contributed by atoms with Gasteiger partial charge in [-0.05, 0) is 25.8 Å². The SMILES string of the molecule is COCCn1cc(-c2c(C)nc3c(N4CCCC4)ccnn23)cn1. The minimum atomic E-state index is 0.643. The average Bonchev–Trinajstić information content (AvgIpc) is 3.31. The largest absolute Gasteiger partial charge is 0.383 e. The minimum absolute atomic E-state index is 0.643. The number of ether oxygens (including phenoxy) is 1. The van der Waals surface area contributed by atoms with Crippen molar-refractivity contribution in [2.45, 2.75) is 26.3 Å².